The summed E-state index contributed by atoms with van der Waals surface area (Å²) in [7, 11) is 0. The lowest BCUT2D eigenvalue weighted by molar-refractivity contribution is 0.180. The predicted octanol–water partition coefficient (Wildman–Crippen LogP) is 3.67. The molecular weight excluding hydrogens is 348 g/mol. The van der Waals surface area contributed by atoms with Gasteiger partial charge in [0.25, 0.3) is 0 Å². The molecule has 1 fully saturated rings. The Kier molecular flexibility index (Phi) is 4.08. The van der Waals surface area contributed by atoms with Gasteiger partial charge in [0.05, 0.1) is 6.61 Å². The molecule has 5 heteroatoms. The fraction of sp³-hybridized carbons (Fsp3) is 0.261. The number of hydrogen-bond donors (Lipinski definition) is 1. The number of aromatic nitrogens is 2. The van der Waals surface area contributed by atoms with Gasteiger partial charge in [0.2, 0.25) is 0 Å². The first kappa shape index (κ1) is 16.9. The summed E-state index contributed by atoms with van der Waals surface area (Å²) in [6, 6.07) is 16.1. The van der Waals surface area contributed by atoms with Gasteiger partial charge < -0.3 is 10.5 Å². The van der Waals surface area contributed by atoms with E-state index in [-0.39, 0.29) is 0 Å². The molecule has 2 aromatic heterocycles. The van der Waals surface area contributed by atoms with E-state index >= 15 is 0 Å². The van der Waals surface area contributed by atoms with E-state index in [1.165, 1.54) is 19.3 Å². The van der Waals surface area contributed by atoms with Crippen molar-refractivity contribution in [1.82, 2.24) is 9.97 Å². The zero-order valence-electron chi connectivity index (χ0n) is 15.6. The summed E-state index contributed by atoms with van der Waals surface area (Å²) in [5, 5.41) is 0. The SMILES string of the molecule is NC1=NC(c2ccncc2)(c2cccc(OCC3CCC3)c2)c2cccnc21. The molecular formula is C23H22N4O. The molecule has 1 unspecified atom stereocenters. The number of rotatable bonds is 5. The minimum atomic E-state index is -0.744. The Morgan fingerprint density at radius 2 is 1.86 bits per heavy atom. The van der Waals surface area contributed by atoms with E-state index in [1.54, 1.807) is 18.6 Å². The number of ether oxygens (including phenoxy) is 1. The molecule has 5 nitrogen and oxygen atoms in total. The van der Waals surface area contributed by atoms with E-state index < -0.39 is 5.54 Å². The van der Waals surface area contributed by atoms with Gasteiger partial charge in [0, 0.05) is 24.2 Å². The monoisotopic (exact) mass is 370 g/mol. The van der Waals surface area contributed by atoms with Crippen molar-refractivity contribution in [1.29, 1.82) is 0 Å². The summed E-state index contributed by atoms with van der Waals surface area (Å²) in [6.07, 6.45) is 9.17. The molecule has 1 aliphatic carbocycles. The van der Waals surface area contributed by atoms with Crippen LogP contribution in [0, 0.1) is 5.92 Å². The normalized spacial score (nSPS) is 20.9. The number of aliphatic imine (C=N–C) groups is 1. The first-order valence-electron chi connectivity index (χ1n) is 9.72. The fourth-order valence-electron chi connectivity index (χ4n) is 4.08. The lowest BCUT2D eigenvalue weighted by atomic mass is 9.79. The minimum absolute atomic E-state index is 0.452. The third-order valence-corrected chi connectivity index (χ3v) is 5.79. The van der Waals surface area contributed by atoms with Crippen LogP contribution in [-0.2, 0) is 5.54 Å². The minimum Gasteiger partial charge on any atom is -0.493 e. The van der Waals surface area contributed by atoms with Crippen LogP contribution in [0.5, 0.6) is 5.75 Å². The standard InChI is InChI=1S/C23H22N4O/c24-22-21-20(8-3-11-26-21)23(27-22,17-9-12-25-13-10-17)18-6-2-7-19(14-18)28-15-16-4-1-5-16/h2-3,6-14,16H,1,4-5,15H2,(H2,24,27). The quantitative estimate of drug-likeness (QED) is 0.744. The van der Waals surface area contributed by atoms with Gasteiger partial charge in [-0.05, 0) is 60.2 Å². The lowest BCUT2D eigenvalue weighted by Crippen LogP contribution is -2.25. The first-order chi connectivity index (χ1) is 13.8. The van der Waals surface area contributed by atoms with Crippen LogP contribution in [0.2, 0.25) is 0 Å². The van der Waals surface area contributed by atoms with E-state index in [9.17, 15) is 0 Å². The molecule has 0 spiro atoms. The summed E-state index contributed by atoms with van der Waals surface area (Å²) < 4.78 is 6.10. The van der Waals surface area contributed by atoms with Crippen molar-refractivity contribution in [2.45, 2.75) is 24.8 Å². The van der Waals surface area contributed by atoms with Crippen molar-refractivity contribution in [3.05, 3.63) is 89.5 Å². The molecule has 2 aliphatic rings. The number of nitrogens with two attached hydrogens (primary N) is 1. The number of pyridine rings is 2. The average molecular weight is 370 g/mol. The van der Waals surface area contributed by atoms with E-state index in [2.05, 4.69) is 22.1 Å². The lowest BCUT2D eigenvalue weighted by Gasteiger charge is -2.29. The van der Waals surface area contributed by atoms with Crippen LogP contribution in [0.3, 0.4) is 0 Å². The van der Waals surface area contributed by atoms with Crippen LogP contribution in [0.1, 0.15) is 41.6 Å². The molecule has 1 aromatic carbocycles. The Balaban J connectivity index is 1.63. The topological polar surface area (TPSA) is 73.4 Å². The Bertz CT molecular complexity index is 1030. The largest absolute Gasteiger partial charge is 0.493 e. The van der Waals surface area contributed by atoms with Crippen molar-refractivity contribution in [3.8, 4) is 5.75 Å². The molecule has 3 aromatic rings. The highest BCUT2D eigenvalue weighted by Crippen LogP contribution is 2.45. The molecule has 3 heterocycles. The maximum absolute atomic E-state index is 6.30. The summed E-state index contributed by atoms with van der Waals surface area (Å²) in [5.74, 6) is 2.00. The maximum atomic E-state index is 6.30. The molecule has 28 heavy (non-hydrogen) atoms. The summed E-state index contributed by atoms with van der Waals surface area (Å²) in [5.41, 5.74) is 9.29. The van der Waals surface area contributed by atoms with E-state index in [0.717, 1.165) is 34.7 Å². The van der Waals surface area contributed by atoms with Crippen LogP contribution in [0.25, 0.3) is 0 Å². The highest BCUT2D eigenvalue weighted by atomic mass is 16.5. The highest BCUT2D eigenvalue weighted by Gasteiger charge is 2.43. The number of nitrogens with zero attached hydrogens (tertiary/aromatic N) is 3. The highest BCUT2D eigenvalue weighted by molar-refractivity contribution is 6.01. The second-order valence-electron chi connectivity index (χ2n) is 7.48. The smallest absolute Gasteiger partial charge is 0.146 e. The van der Waals surface area contributed by atoms with Crippen molar-refractivity contribution in [2.24, 2.45) is 16.6 Å². The maximum Gasteiger partial charge on any atom is 0.146 e. The molecule has 1 atom stereocenters. The Hall–Kier alpha value is -3.21. The molecule has 0 radical (unpaired) electrons. The van der Waals surface area contributed by atoms with Gasteiger partial charge in [-0.2, -0.15) is 0 Å². The first-order valence-corrected chi connectivity index (χ1v) is 9.72. The molecule has 1 aliphatic heterocycles. The average Bonchev–Trinajstić information content (AvgIpc) is 3.02. The Morgan fingerprint density at radius 3 is 2.64 bits per heavy atom. The fourth-order valence-corrected chi connectivity index (χ4v) is 4.08. The van der Waals surface area contributed by atoms with Gasteiger partial charge in [-0.1, -0.05) is 24.6 Å². The van der Waals surface area contributed by atoms with Crippen LogP contribution in [0.15, 0.2) is 72.1 Å². The Morgan fingerprint density at radius 1 is 1.00 bits per heavy atom. The van der Waals surface area contributed by atoms with Gasteiger partial charge in [0.1, 0.15) is 22.8 Å². The molecule has 140 valence electrons. The molecule has 0 bridgehead atoms. The van der Waals surface area contributed by atoms with Gasteiger partial charge >= 0.3 is 0 Å². The molecule has 5 rings (SSSR count). The molecule has 1 saturated carbocycles. The molecule has 2 N–H and O–H groups in total. The van der Waals surface area contributed by atoms with E-state index in [0.29, 0.717) is 11.8 Å². The van der Waals surface area contributed by atoms with Crippen LogP contribution < -0.4 is 10.5 Å². The zero-order chi connectivity index (χ0) is 19.0. The molecule has 0 amide bonds. The number of hydrogen-bond acceptors (Lipinski definition) is 5. The summed E-state index contributed by atoms with van der Waals surface area (Å²) in [6.45, 7) is 0.773. The second kappa shape index (κ2) is 6.75. The van der Waals surface area contributed by atoms with Crippen LogP contribution in [0.4, 0.5) is 0 Å². The van der Waals surface area contributed by atoms with Gasteiger partial charge in [-0.25, -0.2) is 4.99 Å². The van der Waals surface area contributed by atoms with Gasteiger partial charge in [-0.15, -0.1) is 0 Å². The molecule has 0 saturated heterocycles. The number of benzene rings is 1. The zero-order valence-corrected chi connectivity index (χ0v) is 15.6. The van der Waals surface area contributed by atoms with Gasteiger partial charge in [-0.3, -0.25) is 9.97 Å². The number of fused-ring (bicyclic) bond motifs is 1. The Labute approximate surface area is 164 Å². The van der Waals surface area contributed by atoms with Crippen molar-refractivity contribution >= 4 is 5.84 Å². The predicted molar refractivity (Wildman–Crippen MR) is 108 cm³/mol. The second-order valence-corrected chi connectivity index (χ2v) is 7.48. The van der Waals surface area contributed by atoms with E-state index in [1.807, 2.05) is 36.4 Å². The third kappa shape index (κ3) is 2.66. The van der Waals surface area contributed by atoms with Crippen molar-refractivity contribution in [3.63, 3.8) is 0 Å². The van der Waals surface area contributed by atoms with Gasteiger partial charge in [0.15, 0.2) is 0 Å². The van der Waals surface area contributed by atoms with Crippen molar-refractivity contribution < 1.29 is 4.74 Å². The third-order valence-electron chi connectivity index (χ3n) is 5.79. The number of amidine groups is 1. The van der Waals surface area contributed by atoms with Crippen molar-refractivity contribution in [2.75, 3.05) is 6.61 Å². The summed E-state index contributed by atoms with van der Waals surface area (Å²) >= 11 is 0. The summed E-state index contributed by atoms with van der Waals surface area (Å²) in [4.78, 5) is 13.6. The van der Waals surface area contributed by atoms with Crippen LogP contribution in [-0.4, -0.2) is 22.4 Å². The van der Waals surface area contributed by atoms with Crippen LogP contribution >= 0.6 is 0 Å². The van der Waals surface area contributed by atoms with E-state index in [4.69, 9.17) is 15.5 Å².